The highest BCUT2D eigenvalue weighted by atomic mass is 19.1. The second-order valence-electron chi connectivity index (χ2n) is 3.86. The molecule has 1 aromatic rings. The lowest BCUT2D eigenvalue weighted by Crippen LogP contribution is -2.09. The Hall–Kier alpha value is -2.15. The molecule has 0 fully saturated rings. The van der Waals surface area contributed by atoms with Gasteiger partial charge in [0.05, 0.1) is 11.1 Å². The van der Waals surface area contributed by atoms with Crippen molar-refractivity contribution in [2.45, 2.75) is 13.8 Å². The highest BCUT2D eigenvalue weighted by Crippen LogP contribution is 2.23. The van der Waals surface area contributed by atoms with Gasteiger partial charge in [0.1, 0.15) is 17.6 Å². The SMILES string of the molecule is CC(C)C(=O)/C(C#N)=C/c1c(O)cccc1F. The second-order valence-corrected chi connectivity index (χ2v) is 3.86. The second kappa shape index (κ2) is 5.26. The first-order valence-corrected chi connectivity index (χ1v) is 5.11. The Kier molecular flexibility index (Phi) is 4.00. The highest BCUT2D eigenvalue weighted by Gasteiger charge is 2.15. The van der Waals surface area contributed by atoms with Gasteiger partial charge in [-0.3, -0.25) is 4.79 Å². The summed E-state index contributed by atoms with van der Waals surface area (Å²) in [5.41, 5.74) is -0.307. The van der Waals surface area contributed by atoms with E-state index in [0.717, 1.165) is 12.1 Å². The summed E-state index contributed by atoms with van der Waals surface area (Å²) in [5.74, 6) is -1.70. The number of phenols is 1. The summed E-state index contributed by atoms with van der Waals surface area (Å²) in [6, 6.07) is 5.51. The van der Waals surface area contributed by atoms with E-state index in [1.54, 1.807) is 19.9 Å². The molecule has 1 aromatic carbocycles. The third-order valence-corrected chi connectivity index (χ3v) is 2.23. The molecule has 0 heterocycles. The molecule has 88 valence electrons. The summed E-state index contributed by atoms with van der Waals surface area (Å²) in [5, 5.41) is 18.3. The molecule has 1 rings (SSSR count). The van der Waals surface area contributed by atoms with Crippen molar-refractivity contribution in [2.75, 3.05) is 0 Å². The van der Waals surface area contributed by atoms with Crippen molar-refractivity contribution >= 4 is 11.9 Å². The Bertz CT molecular complexity index is 492. The number of halogens is 1. The predicted octanol–water partition coefficient (Wildman–Crippen LogP) is 2.66. The van der Waals surface area contributed by atoms with Crippen molar-refractivity contribution in [3.63, 3.8) is 0 Å². The number of carbonyl (C=O) groups is 1. The predicted molar refractivity (Wildman–Crippen MR) is 61.5 cm³/mol. The summed E-state index contributed by atoms with van der Waals surface area (Å²) in [4.78, 5) is 11.6. The lowest BCUT2D eigenvalue weighted by molar-refractivity contribution is -0.117. The molecule has 1 N–H and O–H groups in total. The van der Waals surface area contributed by atoms with Crippen molar-refractivity contribution < 1.29 is 14.3 Å². The number of aromatic hydroxyl groups is 1. The van der Waals surface area contributed by atoms with Crippen LogP contribution in [-0.2, 0) is 4.79 Å². The Morgan fingerprint density at radius 3 is 2.65 bits per heavy atom. The Morgan fingerprint density at radius 1 is 1.53 bits per heavy atom. The number of nitrogens with zero attached hydrogens (tertiary/aromatic N) is 1. The zero-order valence-electron chi connectivity index (χ0n) is 9.57. The van der Waals surface area contributed by atoms with E-state index < -0.39 is 5.82 Å². The monoisotopic (exact) mass is 233 g/mol. The first kappa shape index (κ1) is 12.9. The van der Waals surface area contributed by atoms with Gasteiger partial charge in [-0.1, -0.05) is 19.9 Å². The van der Waals surface area contributed by atoms with Crippen molar-refractivity contribution in [2.24, 2.45) is 5.92 Å². The van der Waals surface area contributed by atoms with Gasteiger partial charge in [-0.05, 0) is 18.2 Å². The zero-order chi connectivity index (χ0) is 13.0. The molecule has 0 bridgehead atoms. The maximum absolute atomic E-state index is 13.4. The maximum atomic E-state index is 13.4. The van der Waals surface area contributed by atoms with E-state index in [1.807, 2.05) is 0 Å². The molecule has 0 aliphatic rings. The Balaban J connectivity index is 3.26. The van der Waals surface area contributed by atoms with Crippen LogP contribution in [0.25, 0.3) is 6.08 Å². The molecule has 0 atom stereocenters. The van der Waals surface area contributed by atoms with E-state index in [4.69, 9.17) is 5.26 Å². The summed E-state index contributed by atoms with van der Waals surface area (Å²) in [6.45, 7) is 3.30. The average Bonchev–Trinajstić information content (AvgIpc) is 2.28. The zero-order valence-corrected chi connectivity index (χ0v) is 9.57. The molecule has 0 spiro atoms. The van der Waals surface area contributed by atoms with Crippen molar-refractivity contribution in [3.05, 3.63) is 35.2 Å². The van der Waals surface area contributed by atoms with Gasteiger partial charge < -0.3 is 5.11 Å². The number of carbonyl (C=O) groups excluding carboxylic acids is 1. The third-order valence-electron chi connectivity index (χ3n) is 2.23. The first-order valence-electron chi connectivity index (χ1n) is 5.11. The minimum Gasteiger partial charge on any atom is -0.507 e. The summed E-state index contributed by atoms with van der Waals surface area (Å²) >= 11 is 0. The topological polar surface area (TPSA) is 61.1 Å². The van der Waals surface area contributed by atoms with Gasteiger partial charge in [0, 0.05) is 5.92 Å². The Morgan fingerprint density at radius 2 is 2.18 bits per heavy atom. The fourth-order valence-corrected chi connectivity index (χ4v) is 1.28. The van der Waals surface area contributed by atoms with Crippen LogP contribution < -0.4 is 0 Å². The van der Waals surface area contributed by atoms with Crippen molar-refractivity contribution in [1.29, 1.82) is 5.26 Å². The number of allylic oxidation sites excluding steroid dienone is 1. The standard InChI is InChI=1S/C13H12FNO2/c1-8(2)13(17)9(7-15)6-10-11(14)4-3-5-12(10)16/h3-6,8,16H,1-2H3/b9-6+. The van der Waals surface area contributed by atoms with E-state index in [1.165, 1.54) is 12.1 Å². The van der Waals surface area contributed by atoms with Crippen LogP contribution in [0.5, 0.6) is 5.75 Å². The fraction of sp³-hybridized carbons (Fsp3) is 0.231. The number of hydrogen-bond acceptors (Lipinski definition) is 3. The summed E-state index contributed by atoms with van der Waals surface area (Å²) in [6.07, 6.45) is 1.08. The largest absolute Gasteiger partial charge is 0.507 e. The van der Waals surface area contributed by atoms with Crippen LogP contribution in [-0.4, -0.2) is 10.9 Å². The van der Waals surface area contributed by atoms with Gasteiger partial charge in [-0.25, -0.2) is 4.39 Å². The average molecular weight is 233 g/mol. The van der Waals surface area contributed by atoms with E-state index in [-0.39, 0.29) is 28.6 Å². The number of Topliss-reactive ketones (excluding diaryl/α,β-unsaturated/α-hetero) is 1. The van der Waals surface area contributed by atoms with Gasteiger partial charge in [0.2, 0.25) is 0 Å². The molecule has 0 aliphatic heterocycles. The van der Waals surface area contributed by atoms with E-state index in [2.05, 4.69) is 0 Å². The van der Waals surface area contributed by atoms with Crippen LogP contribution in [0.15, 0.2) is 23.8 Å². The lowest BCUT2D eigenvalue weighted by Gasteiger charge is -2.04. The molecule has 0 amide bonds. The number of ketones is 1. The maximum Gasteiger partial charge on any atom is 0.175 e. The number of hydrogen-bond donors (Lipinski definition) is 1. The van der Waals surface area contributed by atoms with Crippen LogP contribution >= 0.6 is 0 Å². The molecule has 17 heavy (non-hydrogen) atoms. The van der Waals surface area contributed by atoms with Gasteiger partial charge in [-0.2, -0.15) is 5.26 Å². The molecule has 3 nitrogen and oxygen atoms in total. The molecule has 0 aromatic heterocycles. The van der Waals surface area contributed by atoms with Gasteiger partial charge >= 0.3 is 0 Å². The van der Waals surface area contributed by atoms with E-state index >= 15 is 0 Å². The first-order chi connectivity index (χ1) is 7.97. The van der Waals surface area contributed by atoms with Gasteiger partial charge in [-0.15, -0.1) is 0 Å². The molecular formula is C13H12FNO2. The highest BCUT2D eigenvalue weighted by molar-refractivity contribution is 6.04. The Labute approximate surface area is 98.8 Å². The van der Waals surface area contributed by atoms with Gasteiger partial charge in [0.15, 0.2) is 5.78 Å². The number of rotatable bonds is 3. The smallest absolute Gasteiger partial charge is 0.175 e. The molecule has 0 saturated carbocycles. The van der Waals surface area contributed by atoms with E-state index in [0.29, 0.717) is 0 Å². The summed E-state index contributed by atoms with van der Waals surface area (Å²) < 4.78 is 13.4. The van der Waals surface area contributed by atoms with Crippen LogP contribution in [0.3, 0.4) is 0 Å². The van der Waals surface area contributed by atoms with Crippen LogP contribution in [0.4, 0.5) is 4.39 Å². The lowest BCUT2D eigenvalue weighted by atomic mass is 9.99. The fourth-order valence-electron chi connectivity index (χ4n) is 1.28. The number of nitriles is 1. The molecule has 0 saturated heterocycles. The van der Waals surface area contributed by atoms with Crippen LogP contribution in [0.1, 0.15) is 19.4 Å². The minimum atomic E-state index is -0.672. The number of phenolic OH excluding ortho intramolecular Hbond substituents is 1. The van der Waals surface area contributed by atoms with E-state index in [9.17, 15) is 14.3 Å². The minimum absolute atomic E-state index is 0.141. The molecule has 0 aliphatic carbocycles. The quantitative estimate of drug-likeness (QED) is 0.645. The molecule has 0 radical (unpaired) electrons. The van der Waals surface area contributed by atoms with Crippen LogP contribution in [0, 0.1) is 23.1 Å². The van der Waals surface area contributed by atoms with Crippen molar-refractivity contribution in [3.8, 4) is 11.8 Å². The summed E-state index contributed by atoms with van der Waals surface area (Å²) in [7, 11) is 0. The van der Waals surface area contributed by atoms with Crippen LogP contribution in [0.2, 0.25) is 0 Å². The third kappa shape index (κ3) is 2.91. The normalized spacial score (nSPS) is 11.4. The molecule has 4 heteroatoms. The molecule has 0 unspecified atom stereocenters. The van der Waals surface area contributed by atoms with Crippen molar-refractivity contribution in [1.82, 2.24) is 0 Å². The van der Waals surface area contributed by atoms with Gasteiger partial charge in [0.25, 0.3) is 0 Å². The molecular weight excluding hydrogens is 221 g/mol. The number of benzene rings is 1.